The number of fused-ring (bicyclic) bond motifs is 5. The molecule has 0 N–H and O–H groups in total. The average Bonchev–Trinajstić information content (AvgIpc) is 3.81. The fraction of sp³-hybridized carbons (Fsp3) is 0.415. The molecule has 3 fully saturated rings. The van der Waals surface area contributed by atoms with Crippen molar-refractivity contribution >= 4 is 24.1 Å². The molecular formula is C41H45N7O7. The van der Waals surface area contributed by atoms with Gasteiger partial charge in [-0.05, 0) is 68.4 Å². The number of nitrogens with zero attached hydrogens (tertiary/aromatic N) is 7. The van der Waals surface area contributed by atoms with E-state index in [9.17, 15) is 14.4 Å². The number of ether oxygens (including phenoxy) is 2. The highest BCUT2D eigenvalue weighted by atomic mass is 16.7. The summed E-state index contributed by atoms with van der Waals surface area (Å²) in [6, 6.07) is 25.1. The van der Waals surface area contributed by atoms with Gasteiger partial charge in [0.2, 0.25) is 11.8 Å². The number of aromatic nitrogens is 2. The molecule has 1 aliphatic carbocycles. The molecule has 3 aliphatic heterocycles. The third-order valence-electron chi connectivity index (χ3n) is 10.6. The second-order valence-electron chi connectivity index (χ2n) is 15.4. The molecule has 1 aromatic heterocycles. The lowest BCUT2D eigenvalue weighted by Crippen LogP contribution is -2.61. The molecule has 4 aromatic rings. The Hall–Kier alpha value is -5.76. The van der Waals surface area contributed by atoms with Crippen LogP contribution in [0.5, 0.6) is 0 Å². The van der Waals surface area contributed by atoms with Crippen LogP contribution in [-0.2, 0) is 27.5 Å². The number of benzene rings is 3. The van der Waals surface area contributed by atoms with Crippen molar-refractivity contribution in [3.63, 3.8) is 0 Å². The summed E-state index contributed by atoms with van der Waals surface area (Å²) in [7, 11) is 0. The van der Waals surface area contributed by atoms with Gasteiger partial charge in [-0.1, -0.05) is 78.9 Å². The second-order valence-corrected chi connectivity index (χ2v) is 15.4. The number of hydrogen-bond donors (Lipinski definition) is 0. The summed E-state index contributed by atoms with van der Waals surface area (Å²) in [4.78, 5) is 55.2. The standard InChI is InChI=1S/C41H45N7O7/c1-26(42-38(49)55-41(2,3)4)45-20-29(21-45)46(40(51)52-25-34-32-16-10-8-14-30(32)31-15-9-11-17-33(31)34)23-36-43-44-37(54-36)35-19-18-28-22-47(35)39(50)48(28)53-24-27-12-6-5-7-13-27/h5-17,28-29,34-35H,18-25H2,1-4H3/t28-,35+/m1/s1. The number of piperidine rings is 1. The van der Waals surface area contributed by atoms with Gasteiger partial charge in [0.25, 0.3) is 0 Å². The Morgan fingerprint density at radius 2 is 1.58 bits per heavy atom. The molecule has 4 heterocycles. The predicted octanol–water partition coefficient (Wildman–Crippen LogP) is 6.93. The average molecular weight is 748 g/mol. The summed E-state index contributed by atoms with van der Waals surface area (Å²) in [5, 5.41) is 10.2. The van der Waals surface area contributed by atoms with E-state index in [1.54, 1.807) is 37.5 Å². The van der Waals surface area contributed by atoms with E-state index in [1.165, 1.54) is 5.06 Å². The molecule has 3 aromatic carbocycles. The Kier molecular flexibility index (Phi) is 9.76. The Morgan fingerprint density at radius 3 is 2.27 bits per heavy atom. The van der Waals surface area contributed by atoms with Crippen LogP contribution in [0.3, 0.4) is 0 Å². The molecule has 0 saturated carbocycles. The van der Waals surface area contributed by atoms with Crippen LogP contribution in [-0.4, -0.2) is 97.9 Å². The van der Waals surface area contributed by atoms with Crippen LogP contribution in [0, 0.1) is 0 Å². The van der Waals surface area contributed by atoms with Gasteiger partial charge in [0.1, 0.15) is 37.2 Å². The molecule has 4 amide bonds. The first-order valence-corrected chi connectivity index (χ1v) is 18.8. The van der Waals surface area contributed by atoms with Crippen molar-refractivity contribution < 1.29 is 33.1 Å². The molecule has 4 aliphatic rings. The molecule has 2 bridgehead atoms. The monoisotopic (exact) mass is 747 g/mol. The van der Waals surface area contributed by atoms with Crippen LogP contribution in [0.2, 0.25) is 0 Å². The van der Waals surface area contributed by atoms with Crippen molar-refractivity contribution in [1.29, 1.82) is 0 Å². The molecule has 8 rings (SSSR count). The Balaban J connectivity index is 0.964. The predicted molar refractivity (Wildman–Crippen MR) is 201 cm³/mol. The van der Waals surface area contributed by atoms with E-state index in [0.717, 1.165) is 27.8 Å². The van der Waals surface area contributed by atoms with Gasteiger partial charge in [-0.15, -0.1) is 10.2 Å². The molecule has 0 unspecified atom stereocenters. The highest BCUT2D eigenvalue weighted by molar-refractivity contribution is 5.91. The summed E-state index contributed by atoms with van der Waals surface area (Å²) < 4.78 is 17.7. The van der Waals surface area contributed by atoms with Crippen molar-refractivity contribution in [2.24, 2.45) is 4.99 Å². The van der Waals surface area contributed by atoms with Gasteiger partial charge >= 0.3 is 18.2 Å². The van der Waals surface area contributed by atoms with E-state index in [4.69, 9.17) is 18.7 Å². The quantitative estimate of drug-likeness (QED) is 0.131. The number of amides is 4. The lowest BCUT2D eigenvalue weighted by molar-refractivity contribution is -0.140. The van der Waals surface area contributed by atoms with Gasteiger partial charge in [-0.3, -0.25) is 9.74 Å². The maximum atomic E-state index is 14.0. The second kappa shape index (κ2) is 14.8. The summed E-state index contributed by atoms with van der Waals surface area (Å²) in [5.41, 5.74) is 4.82. The minimum atomic E-state index is -0.670. The minimum absolute atomic E-state index is 0.0000398. The third-order valence-corrected chi connectivity index (χ3v) is 10.6. The number of carbonyl (C=O) groups excluding carboxylic acids is 3. The zero-order valence-electron chi connectivity index (χ0n) is 31.5. The smallest absolute Gasteiger partial charge is 0.435 e. The zero-order chi connectivity index (χ0) is 38.3. The largest absolute Gasteiger partial charge is 0.448 e. The molecule has 14 nitrogen and oxygen atoms in total. The van der Waals surface area contributed by atoms with Crippen LogP contribution in [0.1, 0.15) is 81.0 Å². The Morgan fingerprint density at radius 1 is 0.909 bits per heavy atom. The van der Waals surface area contributed by atoms with E-state index < -0.39 is 23.8 Å². The van der Waals surface area contributed by atoms with Gasteiger partial charge in [0, 0.05) is 25.6 Å². The molecule has 0 spiro atoms. The molecular weight excluding hydrogens is 702 g/mol. The van der Waals surface area contributed by atoms with Gasteiger partial charge in [-0.2, -0.15) is 10.1 Å². The molecule has 0 radical (unpaired) electrons. The summed E-state index contributed by atoms with van der Waals surface area (Å²) in [6.45, 7) is 8.86. The van der Waals surface area contributed by atoms with Crippen LogP contribution >= 0.6 is 0 Å². The lowest BCUT2D eigenvalue weighted by Gasteiger charge is -2.45. The van der Waals surface area contributed by atoms with Crippen LogP contribution in [0.15, 0.2) is 88.3 Å². The van der Waals surface area contributed by atoms with Gasteiger partial charge in [0.05, 0.1) is 12.1 Å². The summed E-state index contributed by atoms with van der Waals surface area (Å²) in [5.74, 6) is 0.922. The van der Waals surface area contributed by atoms with E-state index >= 15 is 0 Å². The van der Waals surface area contributed by atoms with Crippen LogP contribution in [0.25, 0.3) is 11.1 Å². The van der Waals surface area contributed by atoms with E-state index in [1.807, 2.05) is 59.5 Å². The van der Waals surface area contributed by atoms with Crippen LogP contribution < -0.4 is 0 Å². The van der Waals surface area contributed by atoms with Crippen molar-refractivity contribution in [3.05, 3.63) is 107 Å². The lowest BCUT2D eigenvalue weighted by atomic mass is 9.98. The summed E-state index contributed by atoms with van der Waals surface area (Å²) >= 11 is 0. The molecule has 14 heteroatoms. The zero-order valence-corrected chi connectivity index (χ0v) is 31.5. The van der Waals surface area contributed by atoms with Gasteiger partial charge in [-0.25, -0.2) is 14.4 Å². The first kappa shape index (κ1) is 36.2. The fourth-order valence-electron chi connectivity index (χ4n) is 7.81. The van der Waals surface area contributed by atoms with E-state index in [2.05, 4.69) is 39.5 Å². The van der Waals surface area contributed by atoms with Crippen molar-refractivity contribution in [3.8, 4) is 11.1 Å². The number of urea groups is 1. The van der Waals surface area contributed by atoms with E-state index in [0.29, 0.717) is 50.8 Å². The number of carbonyl (C=O) groups is 3. The van der Waals surface area contributed by atoms with Crippen molar-refractivity contribution in [2.45, 2.75) is 83.3 Å². The maximum absolute atomic E-state index is 14.0. The Bertz CT molecular complexity index is 2050. The molecule has 3 saturated heterocycles. The number of likely N-dealkylation sites (tertiary alicyclic amines) is 1. The van der Waals surface area contributed by atoms with Crippen molar-refractivity contribution in [2.75, 3.05) is 26.2 Å². The van der Waals surface area contributed by atoms with Crippen molar-refractivity contribution in [1.82, 2.24) is 30.0 Å². The van der Waals surface area contributed by atoms with Gasteiger partial charge < -0.3 is 23.7 Å². The maximum Gasteiger partial charge on any atom is 0.435 e. The first-order valence-electron chi connectivity index (χ1n) is 18.8. The molecule has 286 valence electrons. The third kappa shape index (κ3) is 7.50. The normalized spacial score (nSPS) is 19.6. The fourth-order valence-corrected chi connectivity index (χ4v) is 7.81. The van der Waals surface area contributed by atoms with Gasteiger partial charge in [0.15, 0.2) is 0 Å². The topological polar surface area (TPSA) is 143 Å². The minimum Gasteiger partial charge on any atom is -0.448 e. The first-order chi connectivity index (χ1) is 26.5. The Labute approximate surface area is 319 Å². The molecule has 55 heavy (non-hydrogen) atoms. The number of amidine groups is 1. The van der Waals surface area contributed by atoms with Crippen LogP contribution in [0.4, 0.5) is 14.4 Å². The highest BCUT2D eigenvalue weighted by Crippen LogP contribution is 2.45. The molecule has 2 atom stereocenters. The number of hydroxylamine groups is 2. The number of rotatable bonds is 9. The highest BCUT2D eigenvalue weighted by Gasteiger charge is 2.48. The number of aliphatic imine (C=N–C) groups is 1. The SMILES string of the molecule is CC(=NC(=O)OC(C)(C)C)N1CC(N(Cc2nnc([C@@H]3CC[C@@H]4CN3C(=O)N4OCc3ccccc3)o2)C(=O)OCC2c3ccccc3-c3ccccc32)C1. The summed E-state index contributed by atoms with van der Waals surface area (Å²) in [6.07, 6.45) is 0.159. The van der Waals surface area contributed by atoms with E-state index in [-0.39, 0.29) is 43.1 Å². The number of hydrogen-bond acceptors (Lipinski definition) is 9.